The lowest BCUT2D eigenvalue weighted by molar-refractivity contribution is 0.0320. The number of ether oxygens (including phenoxy) is 2. The fourth-order valence-corrected chi connectivity index (χ4v) is 1.70. The maximum Gasteiger partial charge on any atom is 0.337 e. The van der Waals surface area contributed by atoms with Gasteiger partial charge in [0, 0.05) is 31.9 Å². The van der Waals surface area contributed by atoms with Crippen molar-refractivity contribution in [1.29, 1.82) is 0 Å². The van der Waals surface area contributed by atoms with Crippen LogP contribution in [-0.4, -0.2) is 60.4 Å². The molecule has 1 aromatic heterocycles. The molecule has 0 radical (unpaired) electrons. The molecule has 0 amide bonds. The highest BCUT2D eigenvalue weighted by Gasteiger charge is 2.10. The minimum atomic E-state index is -0.984. The maximum absolute atomic E-state index is 10.6. The highest BCUT2D eigenvalue weighted by molar-refractivity contribution is 5.87. The van der Waals surface area contributed by atoms with Gasteiger partial charge in [-0.15, -0.1) is 0 Å². The number of carbonyl (C=O) groups is 1. The van der Waals surface area contributed by atoms with E-state index in [0.717, 1.165) is 32.8 Å². The Morgan fingerprint density at radius 1 is 1.44 bits per heavy atom. The molecule has 0 unspecified atom stereocenters. The predicted octanol–water partition coefficient (Wildman–Crippen LogP) is 0.491. The van der Waals surface area contributed by atoms with Crippen LogP contribution in [0.15, 0.2) is 18.3 Å². The zero-order valence-electron chi connectivity index (χ0n) is 10.0. The summed E-state index contributed by atoms with van der Waals surface area (Å²) in [6.07, 6.45) is 1.30. The molecule has 0 aromatic carbocycles. The molecule has 0 aliphatic carbocycles. The van der Waals surface area contributed by atoms with E-state index in [1.807, 2.05) is 0 Å². The van der Waals surface area contributed by atoms with Crippen LogP contribution >= 0.6 is 0 Å². The van der Waals surface area contributed by atoms with Gasteiger partial charge in [0.1, 0.15) is 6.61 Å². The normalized spacial score (nSPS) is 16.4. The lowest BCUT2D eigenvalue weighted by Gasteiger charge is -2.26. The van der Waals surface area contributed by atoms with E-state index in [1.54, 1.807) is 6.07 Å². The molecule has 1 aromatic rings. The minimum absolute atomic E-state index is 0.163. The SMILES string of the molecule is O=C(O)c1ccc(OCCN2CCOCC2)nc1. The first-order valence-corrected chi connectivity index (χ1v) is 5.88. The van der Waals surface area contributed by atoms with Gasteiger partial charge in [-0.3, -0.25) is 4.90 Å². The second-order valence-corrected chi connectivity index (χ2v) is 3.99. The van der Waals surface area contributed by atoms with Crippen LogP contribution in [0, 0.1) is 0 Å². The molecule has 1 fully saturated rings. The van der Waals surface area contributed by atoms with Crippen LogP contribution in [0.1, 0.15) is 10.4 Å². The molecule has 6 nitrogen and oxygen atoms in total. The van der Waals surface area contributed by atoms with Gasteiger partial charge in [-0.05, 0) is 6.07 Å². The molecule has 0 bridgehead atoms. The highest BCUT2D eigenvalue weighted by atomic mass is 16.5. The Hall–Kier alpha value is -1.66. The molecular formula is C12H16N2O4. The number of carboxylic acids is 1. The average Bonchev–Trinajstić information content (AvgIpc) is 2.40. The fourth-order valence-electron chi connectivity index (χ4n) is 1.70. The van der Waals surface area contributed by atoms with E-state index in [1.165, 1.54) is 12.3 Å². The molecule has 0 spiro atoms. The lowest BCUT2D eigenvalue weighted by atomic mass is 10.3. The third-order valence-electron chi connectivity index (χ3n) is 2.74. The second kappa shape index (κ2) is 6.32. The van der Waals surface area contributed by atoms with E-state index in [-0.39, 0.29) is 5.56 Å². The van der Waals surface area contributed by atoms with Gasteiger partial charge in [0.05, 0.1) is 18.8 Å². The molecule has 1 saturated heterocycles. The number of hydrogen-bond donors (Lipinski definition) is 1. The van der Waals surface area contributed by atoms with Crippen LogP contribution in [0.2, 0.25) is 0 Å². The largest absolute Gasteiger partial charge is 0.478 e. The summed E-state index contributed by atoms with van der Waals surface area (Å²) in [6, 6.07) is 3.06. The summed E-state index contributed by atoms with van der Waals surface area (Å²) >= 11 is 0. The standard InChI is InChI=1S/C12H16N2O4/c15-12(16)10-1-2-11(13-9-10)18-8-5-14-3-6-17-7-4-14/h1-2,9H,3-8H2,(H,15,16). The Morgan fingerprint density at radius 2 is 2.22 bits per heavy atom. The predicted molar refractivity (Wildman–Crippen MR) is 64.0 cm³/mol. The first-order chi connectivity index (χ1) is 8.75. The van der Waals surface area contributed by atoms with Gasteiger partial charge in [0.2, 0.25) is 5.88 Å². The van der Waals surface area contributed by atoms with Crippen LogP contribution in [0.3, 0.4) is 0 Å². The highest BCUT2D eigenvalue weighted by Crippen LogP contribution is 2.07. The molecule has 0 saturated carbocycles. The van der Waals surface area contributed by atoms with Crippen molar-refractivity contribution < 1.29 is 19.4 Å². The molecule has 1 aliphatic heterocycles. The molecule has 2 rings (SSSR count). The summed E-state index contributed by atoms with van der Waals surface area (Å²) in [5.41, 5.74) is 0.163. The monoisotopic (exact) mass is 252 g/mol. The van der Waals surface area contributed by atoms with E-state index in [2.05, 4.69) is 9.88 Å². The number of nitrogens with zero attached hydrogens (tertiary/aromatic N) is 2. The molecular weight excluding hydrogens is 236 g/mol. The van der Waals surface area contributed by atoms with Crippen molar-refractivity contribution in [3.63, 3.8) is 0 Å². The molecule has 6 heteroatoms. The van der Waals surface area contributed by atoms with Gasteiger partial charge in [-0.1, -0.05) is 0 Å². The van der Waals surface area contributed by atoms with Crippen LogP contribution in [0.25, 0.3) is 0 Å². The number of carboxylic acid groups (broad SMARTS) is 1. The Balaban J connectivity index is 1.74. The van der Waals surface area contributed by atoms with Gasteiger partial charge < -0.3 is 14.6 Å². The quantitative estimate of drug-likeness (QED) is 0.822. The first-order valence-electron chi connectivity index (χ1n) is 5.88. The Labute approximate surface area is 105 Å². The Bertz CT molecular complexity index is 388. The maximum atomic E-state index is 10.6. The number of morpholine rings is 1. The van der Waals surface area contributed by atoms with Gasteiger partial charge in [-0.25, -0.2) is 9.78 Å². The van der Waals surface area contributed by atoms with E-state index in [0.29, 0.717) is 12.5 Å². The molecule has 0 atom stereocenters. The first kappa shape index (κ1) is 12.8. The molecule has 1 aliphatic rings. The third kappa shape index (κ3) is 3.68. The van der Waals surface area contributed by atoms with E-state index < -0.39 is 5.97 Å². The summed E-state index contributed by atoms with van der Waals surface area (Å²) in [4.78, 5) is 16.8. The zero-order chi connectivity index (χ0) is 12.8. The van der Waals surface area contributed by atoms with Crippen LogP contribution < -0.4 is 4.74 Å². The summed E-state index contributed by atoms with van der Waals surface area (Å²) in [5, 5.41) is 8.72. The molecule has 1 N–H and O–H groups in total. The molecule has 98 valence electrons. The number of aromatic carboxylic acids is 1. The Morgan fingerprint density at radius 3 is 2.83 bits per heavy atom. The van der Waals surface area contributed by atoms with Gasteiger partial charge in [0.15, 0.2) is 0 Å². The number of pyridine rings is 1. The van der Waals surface area contributed by atoms with Crippen molar-refractivity contribution >= 4 is 5.97 Å². The second-order valence-electron chi connectivity index (χ2n) is 3.99. The van der Waals surface area contributed by atoms with E-state index in [4.69, 9.17) is 14.6 Å². The minimum Gasteiger partial charge on any atom is -0.478 e. The van der Waals surface area contributed by atoms with Crippen LogP contribution in [0.4, 0.5) is 0 Å². The van der Waals surface area contributed by atoms with Crippen molar-refractivity contribution in [1.82, 2.24) is 9.88 Å². The van der Waals surface area contributed by atoms with Crippen molar-refractivity contribution in [2.45, 2.75) is 0 Å². The summed E-state index contributed by atoms with van der Waals surface area (Å²) < 4.78 is 10.7. The van der Waals surface area contributed by atoms with E-state index in [9.17, 15) is 4.79 Å². The molecule has 2 heterocycles. The zero-order valence-corrected chi connectivity index (χ0v) is 10.0. The average molecular weight is 252 g/mol. The number of rotatable bonds is 5. The lowest BCUT2D eigenvalue weighted by Crippen LogP contribution is -2.38. The van der Waals surface area contributed by atoms with Crippen molar-refractivity contribution in [3.05, 3.63) is 23.9 Å². The van der Waals surface area contributed by atoms with Crippen molar-refractivity contribution in [3.8, 4) is 5.88 Å². The van der Waals surface area contributed by atoms with Crippen LogP contribution in [0.5, 0.6) is 5.88 Å². The number of hydrogen-bond acceptors (Lipinski definition) is 5. The number of aromatic nitrogens is 1. The van der Waals surface area contributed by atoms with Gasteiger partial charge in [-0.2, -0.15) is 0 Å². The topological polar surface area (TPSA) is 71.9 Å². The molecule has 18 heavy (non-hydrogen) atoms. The van der Waals surface area contributed by atoms with Crippen molar-refractivity contribution in [2.24, 2.45) is 0 Å². The van der Waals surface area contributed by atoms with Gasteiger partial charge in [0.25, 0.3) is 0 Å². The van der Waals surface area contributed by atoms with E-state index >= 15 is 0 Å². The fraction of sp³-hybridized carbons (Fsp3) is 0.500. The Kier molecular flexibility index (Phi) is 4.49. The van der Waals surface area contributed by atoms with Crippen LogP contribution in [-0.2, 0) is 4.74 Å². The summed E-state index contributed by atoms with van der Waals surface area (Å²) in [7, 11) is 0. The summed E-state index contributed by atoms with van der Waals surface area (Å²) in [6.45, 7) is 4.76. The summed E-state index contributed by atoms with van der Waals surface area (Å²) in [5.74, 6) is -0.532. The smallest absolute Gasteiger partial charge is 0.337 e. The third-order valence-corrected chi connectivity index (χ3v) is 2.74. The van der Waals surface area contributed by atoms with Crippen molar-refractivity contribution in [2.75, 3.05) is 39.5 Å². The van der Waals surface area contributed by atoms with Gasteiger partial charge >= 0.3 is 5.97 Å².